The van der Waals surface area contributed by atoms with Gasteiger partial charge in [-0.25, -0.2) is 4.39 Å². The summed E-state index contributed by atoms with van der Waals surface area (Å²) < 4.78 is 13.0. The summed E-state index contributed by atoms with van der Waals surface area (Å²) in [7, 11) is 0. The lowest BCUT2D eigenvalue weighted by Crippen LogP contribution is -2.48. The summed E-state index contributed by atoms with van der Waals surface area (Å²) in [4.78, 5) is 13.3. The first-order valence-electron chi connectivity index (χ1n) is 5.01. The number of halogens is 1. The zero-order valence-corrected chi connectivity index (χ0v) is 8.32. The van der Waals surface area contributed by atoms with Crippen molar-refractivity contribution >= 4 is 11.6 Å². The number of rotatable bonds is 1. The average molecular weight is 208 g/mol. The van der Waals surface area contributed by atoms with Crippen LogP contribution in [0.4, 0.5) is 10.1 Å². The fraction of sp³-hybridized carbons (Fsp3) is 0.364. The van der Waals surface area contributed by atoms with Gasteiger partial charge in [-0.3, -0.25) is 4.79 Å². The Morgan fingerprint density at radius 2 is 2.27 bits per heavy atom. The Morgan fingerprint density at radius 1 is 1.47 bits per heavy atom. The van der Waals surface area contributed by atoms with Crippen LogP contribution in [-0.4, -0.2) is 18.5 Å². The molecule has 1 saturated heterocycles. The predicted octanol–water partition coefficient (Wildman–Crippen LogP) is 1.28. The smallest absolute Gasteiger partial charge is 0.243 e. The Hall–Kier alpha value is -1.42. The molecule has 1 aliphatic heterocycles. The van der Waals surface area contributed by atoms with Crippen LogP contribution in [-0.2, 0) is 4.79 Å². The van der Waals surface area contributed by atoms with E-state index in [9.17, 15) is 9.18 Å². The number of hydrogen-bond acceptors (Lipinski definition) is 2. The van der Waals surface area contributed by atoms with Crippen LogP contribution in [0, 0.1) is 5.82 Å². The molecular formula is C11H13FN2O. The van der Waals surface area contributed by atoms with Crippen molar-refractivity contribution in [1.82, 2.24) is 0 Å². The molecule has 1 fully saturated rings. The molecule has 0 aromatic heterocycles. The van der Waals surface area contributed by atoms with Gasteiger partial charge in [-0.05, 0) is 31.0 Å². The molecular weight excluding hydrogens is 195 g/mol. The number of carbonyl (C=O) groups excluding carboxylic acids is 1. The van der Waals surface area contributed by atoms with Crippen molar-refractivity contribution in [3.63, 3.8) is 0 Å². The van der Waals surface area contributed by atoms with E-state index in [1.807, 2.05) is 0 Å². The van der Waals surface area contributed by atoms with E-state index in [4.69, 9.17) is 5.73 Å². The maximum absolute atomic E-state index is 13.0. The van der Waals surface area contributed by atoms with Crippen molar-refractivity contribution in [3.05, 3.63) is 30.1 Å². The Bertz CT molecular complexity index is 381. The standard InChI is InChI=1S/C11H13FN2O/c12-8-3-1-4-9(7-8)14-6-2-5-10(13)11(14)15/h1,3-4,7,10H,2,5-6,13H2. The molecule has 0 aliphatic carbocycles. The second-order valence-corrected chi connectivity index (χ2v) is 3.72. The number of amides is 1. The summed E-state index contributed by atoms with van der Waals surface area (Å²) in [6.07, 6.45) is 1.58. The highest BCUT2D eigenvalue weighted by atomic mass is 19.1. The number of nitrogens with two attached hydrogens (primary N) is 1. The molecule has 1 heterocycles. The molecule has 1 amide bonds. The van der Waals surface area contributed by atoms with Crippen LogP contribution in [0.5, 0.6) is 0 Å². The van der Waals surface area contributed by atoms with Crippen molar-refractivity contribution in [2.75, 3.05) is 11.4 Å². The third-order valence-corrected chi connectivity index (χ3v) is 2.60. The number of hydrogen-bond donors (Lipinski definition) is 1. The Labute approximate surface area is 87.7 Å². The van der Waals surface area contributed by atoms with Gasteiger partial charge in [0.2, 0.25) is 5.91 Å². The Kier molecular flexibility index (Phi) is 2.68. The van der Waals surface area contributed by atoms with Crippen LogP contribution in [0.3, 0.4) is 0 Å². The minimum absolute atomic E-state index is 0.119. The van der Waals surface area contributed by atoms with Crippen molar-refractivity contribution < 1.29 is 9.18 Å². The summed E-state index contributed by atoms with van der Waals surface area (Å²) in [6, 6.07) is 5.59. The zero-order valence-electron chi connectivity index (χ0n) is 8.32. The SMILES string of the molecule is NC1CCCN(c2cccc(F)c2)C1=O. The molecule has 2 N–H and O–H groups in total. The molecule has 0 radical (unpaired) electrons. The van der Waals surface area contributed by atoms with E-state index in [1.54, 1.807) is 17.0 Å². The first kappa shape index (κ1) is 10.1. The van der Waals surface area contributed by atoms with Gasteiger partial charge < -0.3 is 10.6 Å². The third-order valence-electron chi connectivity index (χ3n) is 2.60. The normalized spacial score (nSPS) is 21.9. The lowest BCUT2D eigenvalue weighted by Gasteiger charge is -2.30. The van der Waals surface area contributed by atoms with Gasteiger partial charge in [0.05, 0.1) is 6.04 Å². The van der Waals surface area contributed by atoms with E-state index < -0.39 is 6.04 Å². The number of carbonyl (C=O) groups is 1. The quantitative estimate of drug-likeness (QED) is 0.755. The summed E-state index contributed by atoms with van der Waals surface area (Å²) in [5.41, 5.74) is 6.25. The van der Waals surface area contributed by atoms with Crippen LogP contribution in [0.25, 0.3) is 0 Å². The van der Waals surface area contributed by atoms with Gasteiger partial charge in [0.1, 0.15) is 5.82 Å². The van der Waals surface area contributed by atoms with E-state index in [1.165, 1.54) is 12.1 Å². The van der Waals surface area contributed by atoms with Crippen LogP contribution in [0.1, 0.15) is 12.8 Å². The first-order valence-corrected chi connectivity index (χ1v) is 5.01. The third kappa shape index (κ3) is 1.99. The van der Waals surface area contributed by atoms with Gasteiger partial charge in [0.25, 0.3) is 0 Å². The van der Waals surface area contributed by atoms with Crippen LogP contribution < -0.4 is 10.6 Å². The highest BCUT2D eigenvalue weighted by molar-refractivity contribution is 5.97. The number of anilines is 1. The van der Waals surface area contributed by atoms with Crippen molar-refractivity contribution in [2.45, 2.75) is 18.9 Å². The van der Waals surface area contributed by atoms with Gasteiger partial charge in [-0.1, -0.05) is 6.07 Å². The van der Waals surface area contributed by atoms with E-state index in [2.05, 4.69) is 0 Å². The number of nitrogens with zero attached hydrogens (tertiary/aromatic N) is 1. The van der Waals surface area contributed by atoms with Crippen LogP contribution in [0.2, 0.25) is 0 Å². The van der Waals surface area contributed by atoms with E-state index >= 15 is 0 Å². The number of benzene rings is 1. The predicted molar refractivity (Wildman–Crippen MR) is 56.0 cm³/mol. The number of piperidine rings is 1. The highest BCUT2D eigenvalue weighted by Crippen LogP contribution is 2.20. The molecule has 1 aliphatic rings. The van der Waals surface area contributed by atoms with Crippen molar-refractivity contribution in [3.8, 4) is 0 Å². The first-order chi connectivity index (χ1) is 7.18. The molecule has 0 saturated carbocycles. The minimum atomic E-state index is -0.443. The van der Waals surface area contributed by atoms with E-state index in [0.717, 1.165) is 6.42 Å². The van der Waals surface area contributed by atoms with Gasteiger partial charge in [0.15, 0.2) is 0 Å². The minimum Gasteiger partial charge on any atom is -0.320 e. The lowest BCUT2D eigenvalue weighted by atomic mass is 10.0. The summed E-state index contributed by atoms with van der Waals surface area (Å²) in [5, 5.41) is 0. The molecule has 1 aromatic carbocycles. The fourth-order valence-electron chi connectivity index (χ4n) is 1.80. The lowest BCUT2D eigenvalue weighted by molar-refractivity contribution is -0.120. The second-order valence-electron chi connectivity index (χ2n) is 3.72. The average Bonchev–Trinajstić information content (AvgIpc) is 2.22. The summed E-state index contributed by atoms with van der Waals surface area (Å²) >= 11 is 0. The van der Waals surface area contributed by atoms with Gasteiger partial charge in [-0.15, -0.1) is 0 Å². The van der Waals surface area contributed by atoms with Crippen LogP contribution in [0.15, 0.2) is 24.3 Å². The zero-order chi connectivity index (χ0) is 10.8. The molecule has 15 heavy (non-hydrogen) atoms. The fourth-order valence-corrected chi connectivity index (χ4v) is 1.80. The molecule has 2 rings (SSSR count). The molecule has 0 bridgehead atoms. The summed E-state index contributed by atoms with van der Waals surface area (Å²) in [5.74, 6) is -0.453. The van der Waals surface area contributed by atoms with Gasteiger partial charge >= 0.3 is 0 Å². The molecule has 80 valence electrons. The van der Waals surface area contributed by atoms with Crippen molar-refractivity contribution in [2.24, 2.45) is 5.73 Å². The van der Waals surface area contributed by atoms with Crippen molar-refractivity contribution in [1.29, 1.82) is 0 Å². The second kappa shape index (κ2) is 3.98. The van der Waals surface area contributed by atoms with Gasteiger partial charge in [-0.2, -0.15) is 0 Å². The largest absolute Gasteiger partial charge is 0.320 e. The monoisotopic (exact) mass is 208 g/mol. The van der Waals surface area contributed by atoms with Crippen LogP contribution >= 0.6 is 0 Å². The Morgan fingerprint density at radius 3 is 3.00 bits per heavy atom. The molecule has 3 nitrogen and oxygen atoms in total. The van der Waals surface area contributed by atoms with E-state index in [-0.39, 0.29) is 11.7 Å². The molecule has 4 heteroatoms. The molecule has 0 spiro atoms. The van der Waals surface area contributed by atoms with E-state index in [0.29, 0.717) is 18.7 Å². The maximum atomic E-state index is 13.0. The van der Waals surface area contributed by atoms with Gasteiger partial charge in [0, 0.05) is 12.2 Å². The molecule has 1 unspecified atom stereocenters. The maximum Gasteiger partial charge on any atom is 0.243 e. The Balaban J connectivity index is 2.26. The highest BCUT2D eigenvalue weighted by Gasteiger charge is 2.26. The molecule has 1 aromatic rings. The topological polar surface area (TPSA) is 46.3 Å². The summed E-state index contributed by atoms with van der Waals surface area (Å²) in [6.45, 7) is 0.621. The molecule has 1 atom stereocenters.